The summed E-state index contributed by atoms with van der Waals surface area (Å²) in [6.07, 6.45) is 1.13. The molecule has 19 heavy (non-hydrogen) atoms. The second kappa shape index (κ2) is 6.46. The van der Waals surface area contributed by atoms with Crippen LogP contribution in [0.5, 0.6) is 0 Å². The highest BCUT2D eigenvalue weighted by Crippen LogP contribution is 2.28. The van der Waals surface area contributed by atoms with E-state index in [0.717, 1.165) is 0 Å². The van der Waals surface area contributed by atoms with Gasteiger partial charge < -0.3 is 16.2 Å². The summed E-state index contributed by atoms with van der Waals surface area (Å²) in [4.78, 5) is 12.0. The van der Waals surface area contributed by atoms with Gasteiger partial charge in [-0.05, 0) is 25.0 Å². The molecule has 0 aromatic heterocycles. The largest absolute Gasteiger partial charge is 0.396 e. The maximum absolute atomic E-state index is 12.0. The summed E-state index contributed by atoms with van der Waals surface area (Å²) in [6, 6.07) is 2.91. The Kier molecular flexibility index (Phi) is 5.47. The second-order valence-electron chi connectivity index (χ2n) is 4.47. The Hall–Kier alpha value is -0.970. The summed E-state index contributed by atoms with van der Waals surface area (Å²) >= 11 is 11.7. The van der Waals surface area contributed by atoms with Crippen LogP contribution in [-0.4, -0.2) is 23.2 Å². The van der Waals surface area contributed by atoms with Crippen molar-refractivity contribution in [2.45, 2.75) is 32.3 Å². The van der Waals surface area contributed by atoms with E-state index in [-0.39, 0.29) is 28.2 Å². The first-order chi connectivity index (χ1) is 8.83. The van der Waals surface area contributed by atoms with Gasteiger partial charge in [0.2, 0.25) is 0 Å². The highest BCUT2D eigenvalue weighted by molar-refractivity contribution is 6.39. The third-order valence-corrected chi connectivity index (χ3v) is 3.86. The number of hydrogen-bond donors (Lipinski definition) is 3. The summed E-state index contributed by atoms with van der Waals surface area (Å²) in [6.45, 7) is 3.91. The van der Waals surface area contributed by atoms with Gasteiger partial charge in [0.05, 0.1) is 21.3 Å². The zero-order chi connectivity index (χ0) is 14.6. The fraction of sp³-hybridized carbons (Fsp3) is 0.462. The van der Waals surface area contributed by atoms with Crippen LogP contribution in [0.25, 0.3) is 0 Å². The Bertz CT molecular complexity index is 451. The van der Waals surface area contributed by atoms with E-state index in [9.17, 15) is 9.90 Å². The lowest BCUT2D eigenvalue weighted by atomic mass is 9.97. The number of hydrogen-bond acceptors (Lipinski definition) is 3. The summed E-state index contributed by atoms with van der Waals surface area (Å²) < 4.78 is 0. The van der Waals surface area contributed by atoms with Crippen molar-refractivity contribution < 1.29 is 9.90 Å². The molecule has 1 amide bonds. The van der Waals surface area contributed by atoms with Crippen LogP contribution >= 0.6 is 23.2 Å². The molecule has 0 atom stereocenters. The number of nitrogens with two attached hydrogens (primary N) is 1. The molecule has 0 aliphatic heterocycles. The maximum atomic E-state index is 12.0. The minimum absolute atomic E-state index is 0.179. The van der Waals surface area contributed by atoms with Gasteiger partial charge in [-0.2, -0.15) is 0 Å². The molecular formula is C13H18Cl2N2O2. The van der Waals surface area contributed by atoms with Gasteiger partial charge in [0.25, 0.3) is 5.91 Å². The molecule has 0 aliphatic carbocycles. The lowest BCUT2D eigenvalue weighted by molar-refractivity contribution is 0.0314. The number of carbonyl (C=O) groups excluding carboxylic acids is 1. The average molecular weight is 305 g/mol. The van der Waals surface area contributed by atoms with E-state index in [1.54, 1.807) is 0 Å². The van der Waals surface area contributed by atoms with Crippen molar-refractivity contribution in [2.24, 2.45) is 0 Å². The minimum Gasteiger partial charge on any atom is -0.396 e. The van der Waals surface area contributed by atoms with Crippen LogP contribution < -0.4 is 11.1 Å². The molecule has 106 valence electrons. The van der Waals surface area contributed by atoms with Crippen LogP contribution in [0, 0.1) is 0 Å². The number of carbonyl (C=O) groups is 1. The quantitative estimate of drug-likeness (QED) is 0.732. The van der Waals surface area contributed by atoms with E-state index in [1.807, 2.05) is 13.8 Å². The maximum Gasteiger partial charge on any atom is 0.251 e. The van der Waals surface area contributed by atoms with E-state index in [4.69, 9.17) is 28.9 Å². The monoisotopic (exact) mass is 304 g/mol. The average Bonchev–Trinajstić information content (AvgIpc) is 2.41. The standard InChI is InChI=1S/C13H18Cl2N2O2/c1-3-13(19,4-2)7-17-12(18)8-5-9(14)11(16)10(15)6-8/h5-6,19H,3-4,7,16H2,1-2H3,(H,17,18). The van der Waals surface area contributed by atoms with Crippen LogP contribution in [0.1, 0.15) is 37.0 Å². The van der Waals surface area contributed by atoms with Crippen LogP contribution in [0.3, 0.4) is 0 Å². The van der Waals surface area contributed by atoms with Crippen molar-refractivity contribution in [3.63, 3.8) is 0 Å². The molecule has 0 radical (unpaired) electrons. The van der Waals surface area contributed by atoms with Crippen molar-refractivity contribution >= 4 is 34.8 Å². The van der Waals surface area contributed by atoms with E-state index in [1.165, 1.54) is 12.1 Å². The SMILES string of the molecule is CCC(O)(CC)CNC(=O)c1cc(Cl)c(N)c(Cl)c1. The summed E-state index contributed by atoms with van der Waals surface area (Å²) in [5.74, 6) is -0.343. The number of aliphatic hydroxyl groups is 1. The molecule has 1 rings (SSSR count). The van der Waals surface area contributed by atoms with Gasteiger partial charge in [0.1, 0.15) is 0 Å². The number of nitrogen functional groups attached to an aromatic ring is 1. The van der Waals surface area contributed by atoms with Crippen LogP contribution in [-0.2, 0) is 0 Å². The molecular weight excluding hydrogens is 287 g/mol. The number of rotatable bonds is 5. The van der Waals surface area contributed by atoms with Crippen molar-refractivity contribution in [1.82, 2.24) is 5.32 Å². The lowest BCUT2D eigenvalue weighted by Gasteiger charge is -2.25. The zero-order valence-corrected chi connectivity index (χ0v) is 12.5. The first kappa shape index (κ1) is 16.1. The molecule has 4 nitrogen and oxygen atoms in total. The molecule has 0 fully saturated rings. The van der Waals surface area contributed by atoms with Gasteiger partial charge in [-0.15, -0.1) is 0 Å². The molecule has 0 bridgehead atoms. The Morgan fingerprint density at radius 2 is 1.79 bits per heavy atom. The third-order valence-electron chi connectivity index (χ3n) is 3.24. The predicted octanol–water partition coefficient (Wildman–Crippen LogP) is 2.86. The second-order valence-corrected chi connectivity index (χ2v) is 5.28. The van der Waals surface area contributed by atoms with Crippen LogP contribution in [0.4, 0.5) is 5.69 Å². The predicted molar refractivity (Wildman–Crippen MR) is 78.7 cm³/mol. The number of benzene rings is 1. The zero-order valence-electron chi connectivity index (χ0n) is 11.0. The van der Waals surface area contributed by atoms with E-state index >= 15 is 0 Å². The fourth-order valence-electron chi connectivity index (χ4n) is 1.56. The Morgan fingerprint density at radius 3 is 2.21 bits per heavy atom. The number of anilines is 1. The third kappa shape index (κ3) is 4.00. The Labute approximate surface area is 122 Å². The van der Waals surface area contributed by atoms with Crippen molar-refractivity contribution in [3.05, 3.63) is 27.7 Å². The van der Waals surface area contributed by atoms with Gasteiger partial charge in [-0.1, -0.05) is 37.0 Å². The van der Waals surface area contributed by atoms with Gasteiger partial charge >= 0.3 is 0 Å². The van der Waals surface area contributed by atoms with Gasteiger partial charge in [0.15, 0.2) is 0 Å². The van der Waals surface area contributed by atoms with Crippen LogP contribution in [0.15, 0.2) is 12.1 Å². The van der Waals surface area contributed by atoms with E-state index in [2.05, 4.69) is 5.32 Å². The molecule has 0 saturated carbocycles. The van der Waals surface area contributed by atoms with Crippen LogP contribution in [0.2, 0.25) is 10.0 Å². The molecule has 0 unspecified atom stereocenters. The normalized spacial score (nSPS) is 11.4. The number of halogens is 2. The molecule has 0 spiro atoms. The fourth-order valence-corrected chi connectivity index (χ4v) is 2.05. The number of nitrogens with one attached hydrogen (secondary N) is 1. The van der Waals surface area contributed by atoms with E-state index < -0.39 is 5.60 Å². The number of amides is 1. The Balaban J connectivity index is 2.80. The highest BCUT2D eigenvalue weighted by atomic mass is 35.5. The molecule has 0 heterocycles. The smallest absolute Gasteiger partial charge is 0.251 e. The van der Waals surface area contributed by atoms with Gasteiger partial charge in [-0.3, -0.25) is 4.79 Å². The highest BCUT2D eigenvalue weighted by Gasteiger charge is 2.23. The molecule has 0 aliphatic rings. The molecule has 1 aromatic rings. The van der Waals surface area contributed by atoms with Gasteiger partial charge in [0, 0.05) is 12.1 Å². The first-order valence-corrected chi connectivity index (χ1v) is 6.83. The summed E-state index contributed by atoms with van der Waals surface area (Å²) in [5.41, 5.74) is 5.28. The molecule has 4 N–H and O–H groups in total. The minimum atomic E-state index is -0.892. The molecule has 0 saturated heterocycles. The van der Waals surface area contributed by atoms with Crippen molar-refractivity contribution in [1.29, 1.82) is 0 Å². The van der Waals surface area contributed by atoms with Gasteiger partial charge in [-0.25, -0.2) is 0 Å². The molecule has 1 aromatic carbocycles. The lowest BCUT2D eigenvalue weighted by Crippen LogP contribution is -2.42. The van der Waals surface area contributed by atoms with Crippen molar-refractivity contribution in [2.75, 3.05) is 12.3 Å². The Morgan fingerprint density at radius 1 is 1.32 bits per heavy atom. The topological polar surface area (TPSA) is 75.3 Å². The first-order valence-electron chi connectivity index (χ1n) is 6.08. The molecule has 6 heteroatoms. The van der Waals surface area contributed by atoms with Crippen molar-refractivity contribution in [3.8, 4) is 0 Å². The summed E-state index contributed by atoms with van der Waals surface area (Å²) in [5, 5.41) is 13.2. The summed E-state index contributed by atoms with van der Waals surface area (Å²) in [7, 11) is 0. The van der Waals surface area contributed by atoms with E-state index in [0.29, 0.717) is 18.4 Å².